The Labute approximate surface area is 181 Å². The first-order chi connectivity index (χ1) is 14.1. The van der Waals surface area contributed by atoms with Crippen molar-refractivity contribution in [2.45, 2.75) is 38.4 Å². The van der Waals surface area contributed by atoms with Crippen LogP contribution in [0.4, 0.5) is 13.2 Å². The Morgan fingerprint density at radius 3 is 2.37 bits per heavy atom. The van der Waals surface area contributed by atoms with E-state index in [9.17, 15) is 22.8 Å². The number of halogens is 5. The molecule has 1 atom stereocenters. The van der Waals surface area contributed by atoms with Crippen LogP contribution >= 0.6 is 23.2 Å². The van der Waals surface area contributed by atoms with Gasteiger partial charge >= 0.3 is 6.18 Å². The maximum absolute atomic E-state index is 13.6. The van der Waals surface area contributed by atoms with E-state index in [2.05, 4.69) is 5.32 Å². The van der Waals surface area contributed by atoms with Crippen LogP contribution in [0.1, 0.15) is 52.9 Å². The minimum absolute atomic E-state index is 0.0396. The molecule has 0 aromatic heterocycles. The number of allylic oxidation sites excluding steroid dienone is 2. The Bertz CT molecular complexity index is 1010. The predicted molar refractivity (Wildman–Crippen MR) is 111 cm³/mol. The van der Waals surface area contributed by atoms with Gasteiger partial charge in [-0.25, -0.2) is 0 Å². The van der Waals surface area contributed by atoms with E-state index in [-0.39, 0.29) is 33.1 Å². The van der Waals surface area contributed by atoms with Crippen molar-refractivity contribution >= 4 is 40.5 Å². The normalized spacial score (nSPS) is 16.3. The lowest BCUT2D eigenvalue weighted by Gasteiger charge is -2.14. The SMILES string of the molecule is CCC(=O)NC1CCc2cc(C(=O)/C=C(\c3cc(Cl)cc(Cl)c3)C(F)(F)F)ccc21. The number of carbonyl (C=O) groups is 2. The monoisotopic (exact) mass is 455 g/mol. The summed E-state index contributed by atoms with van der Waals surface area (Å²) in [5.74, 6) is -0.854. The third-order valence-electron chi connectivity index (χ3n) is 4.92. The fourth-order valence-electron chi connectivity index (χ4n) is 3.47. The summed E-state index contributed by atoms with van der Waals surface area (Å²) in [7, 11) is 0. The summed E-state index contributed by atoms with van der Waals surface area (Å²) in [6.07, 6.45) is -2.53. The van der Waals surface area contributed by atoms with Crippen LogP contribution in [-0.4, -0.2) is 17.9 Å². The van der Waals surface area contributed by atoms with E-state index >= 15 is 0 Å². The summed E-state index contributed by atoms with van der Waals surface area (Å²) in [5.41, 5.74) is 0.471. The maximum Gasteiger partial charge on any atom is 0.417 e. The quantitative estimate of drug-likeness (QED) is 0.422. The molecule has 1 aliphatic carbocycles. The van der Waals surface area contributed by atoms with Gasteiger partial charge in [0.15, 0.2) is 5.78 Å². The Morgan fingerprint density at radius 1 is 1.10 bits per heavy atom. The van der Waals surface area contributed by atoms with E-state index in [0.29, 0.717) is 25.3 Å². The van der Waals surface area contributed by atoms with Gasteiger partial charge in [-0.1, -0.05) is 42.3 Å². The number of hydrogen-bond acceptors (Lipinski definition) is 2. The Balaban J connectivity index is 1.93. The van der Waals surface area contributed by atoms with Crippen molar-refractivity contribution < 1.29 is 22.8 Å². The van der Waals surface area contributed by atoms with Crippen molar-refractivity contribution in [3.05, 3.63) is 74.8 Å². The molecule has 1 aliphatic rings. The third kappa shape index (κ3) is 5.05. The second kappa shape index (κ2) is 8.82. The van der Waals surface area contributed by atoms with E-state index < -0.39 is 17.5 Å². The molecule has 1 N–H and O–H groups in total. The highest BCUT2D eigenvalue weighted by Crippen LogP contribution is 2.37. The Kier molecular flexibility index (Phi) is 6.58. The highest BCUT2D eigenvalue weighted by Gasteiger charge is 2.36. The van der Waals surface area contributed by atoms with Crippen LogP contribution in [-0.2, 0) is 11.2 Å². The molecule has 2 aromatic rings. The number of alkyl halides is 3. The first-order valence-electron chi connectivity index (χ1n) is 9.30. The average molecular weight is 456 g/mol. The molecule has 8 heteroatoms. The largest absolute Gasteiger partial charge is 0.417 e. The van der Waals surface area contributed by atoms with Gasteiger partial charge in [0.25, 0.3) is 0 Å². The van der Waals surface area contributed by atoms with Gasteiger partial charge in [-0.05, 0) is 59.9 Å². The molecule has 0 saturated heterocycles. The van der Waals surface area contributed by atoms with Crippen molar-refractivity contribution in [3.63, 3.8) is 0 Å². The van der Waals surface area contributed by atoms with Crippen LogP contribution in [0.3, 0.4) is 0 Å². The molecule has 2 aromatic carbocycles. The smallest absolute Gasteiger partial charge is 0.349 e. The van der Waals surface area contributed by atoms with Crippen molar-refractivity contribution in [3.8, 4) is 0 Å². The summed E-state index contributed by atoms with van der Waals surface area (Å²) in [6.45, 7) is 1.75. The van der Waals surface area contributed by atoms with Crippen molar-refractivity contribution in [1.82, 2.24) is 5.32 Å². The molecule has 0 spiro atoms. The number of fused-ring (bicyclic) bond motifs is 1. The van der Waals surface area contributed by atoms with E-state index in [4.69, 9.17) is 23.2 Å². The number of aryl methyl sites for hydroxylation is 1. The van der Waals surface area contributed by atoms with Gasteiger partial charge in [-0.3, -0.25) is 9.59 Å². The van der Waals surface area contributed by atoms with Gasteiger partial charge in [0.2, 0.25) is 5.91 Å². The van der Waals surface area contributed by atoms with Crippen LogP contribution in [0, 0.1) is 0 Å². The number of hydrogen-bond donors (Lipinski definition) is 1. The van der Waals surface area contributed by atoms with Gasteiger partial charge in [0.1, 0.15) is 0 Å². The number of benzene rings is 2. The second-order valence-electron chi connectivity index (χ2n) is 7.00. The topological polar surface area (TPSA) is 46.2 Å². The molecule has 1 amide bonds. The minimum Gasteiger partial charge on any atom is -0.349 e. The standard InChI is InChI=1S/C22H18Cl2F3NO2/c1-2-21(30)28-19-6-4-12-7-13(3-5-17(12)19)20(29)11-18(22(25,26)27)14-8-15(23)10-16(24)9-14/h3,5,7-11,19H,2,4,6H2,1H3,(H,28,30)/b18-11+. The molecular formula is C22H18Cl2F3NO2. The van der Waals surface area contributed by atoms with Gasteiger partial charge in [0, 0.05) is 22.0 Å². The lowest BCUT2D eigenvalue weighted by Crippen LogP contribution is -2.26. The lowest BCUT2D eigenvalue weighted by atomic mass is 9.98. The van der Waals surface area contributed by atoms with Gasteiger partial charge in [-0.2, -0.15) is 13.2 Å². The van der Waals surface area contributed by atoms with E-state index in [1.807, 2.05) is 0 Å². The lowest BCUT2D eigenvalue weighted by molar-refractivity contribution is -0.121. The average Bonchev–Trinajstić information content (AvgIpc) is 3.06. The second-order valence-corrected chi connectivity index (χ2v) is 7.88. The molecule has 30 heavy (non-hydrogen) atoms. The molecule has 0 fully saturated rings. The van der Waals surface area contributed by atoms with Crippen LogP contribution in [0.2, 0.25) is 10.0 Å². The summed E-state index contributed by atoms with van der Waals surface area (Å²) in [5, 5.41) is 2.99. The van der Waals surface area contributed by atoms with E-state index in [1.165, 1.54) is 12.1 Å². The maximum atomic E-state index is 13.6. The van der Waals surface area contributed by atoms with Gasteiger partial charge in [-0.15, -0.1) is 0 Å². The predicted octanol–water partition coefficient (Wildman–Crippen LogP) is 6.34. The molecule has 158 valence electrons. The van der Waals surface area contributed by atoms with Crippen molar-refractivity contribution in [2.75, 3.05) is 0 Å². The number of carbonyl (C=O) groups excluding carboxylic acids is 2. The fraction of sp³-hybridized carbons (Fsp3) is 0.273. The fourth-order valence-corrected chi connectivity index (χ4v) is 4.00. The number of ketones is 1. The van der Waals surface area contributed by atoms with Gasteiger partial charge in [0.05, 0.1) is 11.6 Å². The summed E-state index contributed by atoms with van der Waals surface area (Å²) >= 11 is 11.7. The molecular weight excluding hydrogens is 438 g/mol. The van der Waals surface area contributed by atoms with E-state index in [1.54, 1.807) is 19.1 Å². The number of amides is 1. The molecule has 0 bridgehead atoms. The van der Waals surface area contributed by atoms with Crippen molar-refractivity contribution in [1.29, 1.82) is 0 Å². The Morgan fingerprint density at radius 2 is 1.77 bits per heavy atom. The highest BCUT2D eigenvalue weighted by atomic mass is 35.5. The first-order valence-corrected chi connectivity index (χ1v) is 10.1. The highest BCUT2D eigenvalue weighted by molar-refractivity contribution is 6.35. The zero-order chi connectivity index (χ0) is 22.1. The molecule has 3 nitrogen and oxygen atoms in total. The van der Waals surface area contributed by atoms with Crippen LogP contribution in [0.25, 0.3) is 5.57 Å². The number of nitrogens with one attached hydrogen (secondary N) is 1. The van der Waals surface area contributed by atoms with Gasteiger partial charge < -0.3 is 5.32 Å². The van der Waals surface area contributed by atoms with Crippen LogP contribution in [0.5, 0.6) is 0 Å². The first kappa shape index (κ1) is 22.4. The number of rotatable bonds is 5. The summed E-state index contributed by atoms with van der Waals surface area (Å²) < 4.78 is 40.9. The minimum atomic E-state index is -4.77. The van der Waals surface area contributed by atoms with E-state index in [0.717, 1.165) is 23.3 Å². The zero-order valence-corrected chi connectivity index (χ0v) is 17.5. The zero-order valence-electron chi connectivity index (χ0n) is 15.9. The molecule has 0 heterocycles. The van der Waals surface area contributed by atoms with Crippen molar-refractivity contribution in [2.24, 2.45) is 0 Å². The summed E-state index contributed by atoms with van der Waals surface area (Å²) in [6, 6.07) is 8.15. The molecule has 3 rings (SSSR count). The Hall–Kier alpha value is -2.31. The van der Waals surface area contributed by atoms with Crippen LogP contribution in [0.15, 0.2) is 42.5 Å². The molecule has 0 radical (unpaired) electrons. The molecule has 1 unspecified atom stereocenters. The van der Waals surface area contributed by atoms with Crippen LogP contribution < -0.4 is 5.32 Å². The molecule has 0 aliphatic heterocycles. The molecule has 0 saturated carbocycles. The summed E-state index contributed by atoms with van der Waals surface area (Å²) in [4.78, 5) is 24.3. The third-order valence-corrected chi connectivity index (χ3v) is 5.35.